The zero-order chi connectivity index (χ0) is 23.7. The topological polar surface area (TPSA) is 177 Å². The number of carbonyl (C=O) groups is 1. The van der Waals surface area contributed by atoms with Crippen molar-refractivity contribution in [3.05, 3.63) is 29.3 Å². The minimum atomic E-state index is -4.69. The number of aromatic nitrogens is 2. The van der Waals surface area contributed by atoms with Gasteiger partial charge in [0.05, 0.1) is 42.9 Å². The number of anilines is 1. The highest BCUT2D eigenvalue weighted by Crippen LogP contribution is 2.38. The largest absolute Gasteiger partial charge is 0.481 e. The van der Waals surface area contributed by atoms with Crippen LogP contribution in [0, 0.1) is 11.3 Å². The van der Waals surface area contributed by atoms with Gasteiger partial charge in [-0.05, 0) is 24.5 Å². The molecule has 0 aliphatic carbocycles. The second-order valence-corrected chi connectivity index (χ2v) is 10.7. The average molecular weight is 482 g/mol. The van der Waals surface area contributed by atoms with Gasteiger partial charge >= 0.3 is 6.03 Å². The number of benzene rings is 1. The van der Waals surface area contributed by atoms with E-state index in [0.29, 0.717) is 5.56 Å². The van der Waals surface area contributed by atoms with E-state index in [9.17, 15) is 21.6 Å². The standard InChI is InChI=1S/C18H19N5O7S2/c1-10-8-12-5-4-11(6-7-19)16(15(12)31(10,25)26)32(27,28)23-18(24)22-17-20-13(29-2)9-14(21-17)30-3/h4-5,9-10H,6,8H2,1-3H3,(H2,20,21,22,23,24). The molecule has 0 saturated carbocycles. The molecule has 2 heterocycles. The Morgan fingerprint density at radius 2 is 1.88 bits per heavy atom. The van der Waals surface area contributed by atoms with Crippen LogP contribution in [0.2, 0.25) is 0 Å². The van der Waals surface area contributed by atoms with Crippen molar-refractivity contribution in [2.45, 2.75) is 34.8 Å². The molecule has 170 valence electrons. The summed E-state index contributed by atoms with van der Waals surface area (Å²) in [7, 11) is -6.02. The van der Waals surface area contributed by atoms with Gasteiger partial charge in [-0.3, -0.25) is 5.32 Å². The first-order valence-corrected chi connectivity index (χ1v) is 12.1. The number of amides is 2. The zero-order valence-corrected chi connectivity index (χ0v) is 18.9. The molecule has 0 bridgehead atoms. The lowest BCUT2D eigenvalue weighted by atomic mass is 10.1. The minimum Gasteiger partial charge on any atom is -0.481 e. The third kappa shape index (κ3) is 4.30. The van der Waals surface area contributed by atoms with Crippen molar-refractivity contribution in [1.29, 1.82) is 5.26 Å². The van der Waals surface area contributed by atoms with Crippen LogP contribution in [0.25, 0.3) is 0 Å². The monoisotopic (exact) mass is 481 g/mol. The highest BCUT2D eigenvalue weighted by atomic mass is 32.2. The van der Waals surface area contributed by atoms with Gasteiger partial charge < -0.3 is 9.47 Å². The van der Waals surface area contributed by atoms with E-state index < -0.39 is 40.9 Å². The van der Waals surface area contributed by atoms with Crippen molar-refractivity contribution in [2.75, 3.05) is 19.5 Å². The molecular formula is C18H19N5O7S2. The Balaban J connectivity index is 2.00. The quantitative estimate of drug-likeness (QED) is 0.599. The smallest absolute Gasteiger partial charge is 0.335 e. The van der Waals surface area contributed by atoms with Crippen LogP contribution in [-0.2, 0) is 32.7 Å². The lowest BCUT2D eigenvalue weighted by Crippen LogP contribution is -2.36. The van der Waals surface area contributed by atoms with E-state index in [-0.39, 0.29) is 36.1 Å². The number of urea groups is 1. The normalized spacial score (nSPS) is 16.5. The van der Waals surface area contributed by atoms with Crippen LogP contribution in [0.4, 0.5) is 10.7 Å². The van der Waals surface area contributed by atoms with Crippen molar-refractivity contribution in [3.8, 4) is 17.8 Å². The number of sulfone groups is 1. The predicted octanol–water partition coefficient (Wildman–Crippen LogP) is 0.789. The van der Waals surface area contributed by atoms with E-state index in [1.165, 1.54) is 39.3 Å². The summed E-state index contributed by atoms with van der Waals surface area (Å²) in [5, 5.41) is 10.4. The fourth-order valence-electron chi connectivity index (χ4n) is 3.23. The summed E-state index contributed by atoms with van der Waals surface area (Å²) in [5.41, 5.74) is 0.268. The molecule has 2 amide bonds. The van der Waals surface area contributed by atoms with E-state index in [1.54, 1.807) is 4.72 Å². The number of nitrogens with zero attached hydrogens (tertiary/aromatic N) is 3. The molecule has 1 atom stereocenters. The molecule has 1 aliphatic heterocycles. The number of hydrogen-bond donors (Lipinski definition) is 2. The summed E-state index contributed by atoms with van der Waals surface area (Å²) in [6, 6.07) is 4.76. The number of nitrogens with one attached hydrogen (secondary N) is 2. The van der Waals surface area contributed by atoms with Crippen LogP contribution >= 0.6 is 0 Å². The number of hydrogen-bond acceptors (Lipinski definition) is 10. The van der Waals surface area contributed by atoms with Gasteiger partial charge in [0, 0.05) is 0 Å². The molecule has 1 aromatic heterocycles. The summed E-state index contributed by atoms with van der Waals surface area (Å²) in [5.74, 6) is -0.217. The van der Waals surface area contributed by atoms with Crippen LogP contribution in [0.15, 0.2) is 28.0 Å². The lowest BCUT2D eigenvalue weighted by Gasteiger charge is -2.15. The lowest BCUT2D eigenvalue weighted by molar-refractivity contribution is 0.256. The summed E-state index contributed by atoms with van der Waals surface area (Å²) < 4.78 is 63.5. The summed E-state index contributed by atoms with van der Waals surface area (Å²) in [4.78, 5) is 19.1. The first-order chi connectivity index (χ1) is 15.0. The maximum Gasteiger partial charge on any atom is 0.335 e. The number of ether oxygens (including phenoxy) is 2. The van der Waals surface area contributed by atoms with Gasteiger partial charge in [0.1, 0.15) is 4.90 Å². The summed E-state index contributed by atoms with van der Waals surface area (Å²) >= 11 is 0. The second-order valence-electron chi connectivity index (χ2n) is 6.77. The number of rotatable bonds is 6. The fourth-order valence-corrected chi connectivity index (χ4v) is 6.87. The molecule has 1 aromatic carbocycles. The molecule has 1 unspecified atom stereocenters. The highest BCUT2D eigenvalue weighted by Gasteiger charge is 2.41. The van der Waals surface area contributed by atoms with E-state index in [4.69, 9.17) is 14.7 Å². The summed E-state index contributed by atoms with van der Waals surface area (Å²) in [6.07, 6.45) is -0.248. The molecule has 0 radical (unpaired) electrons. The van der Waals surface area contributed by atoms with Gasteiger partial charge in [-0.25, -0.2) is 26.4 Å². The molecule has 2 aromatic rings. The molecule has 1 aliphatic rings. The zero-order valence-electron chi connectivity index (χ0n) is 17.2. The average Bonchev–Trinajstić information content (AvgIpc) is 2.95. The van der Waals surface area contributed by atoms with Crippen molar-refractivity contribution < 1.29 is 31.1 Å². The Morgan fingerprint density at radius 3 is 2.44 bits per heavy atom. The first kappa shape index (κ1) is 23.2. The first-order valence-electron chi connectivity index (χ1n) is 9.10. The third-order valence-corrected chi connectivity index (χ3v) is 8.53. The Labute approximate surface area is 184 Å². The van der Waals surface area contributed by atoms with Gasteiger partial charge in [-0.15, -0.1) is 0 Å². The SMILES string of the molecule is COc1cc(OC)nc(NC(=O)NS(=O)(=O)c2c(CC#N)ccc3c2S(=O)(=O)C(C)C3)n1. The molecule has 0 spiro atoms. The number of carbonyl (C=O) groups excluding carboxylic acids is 1. The molecule has 12 nitrogen and oxygen atoms in total. The van der Waals surface area contributed by atoms with Crippen molar-refractivity contribution in [2.24, 2.45) is 0 Å². The highest BCUT2D eigenvalue weighted by molar-refractivity contribution is 7.94. The van der Waals surface area contributed by atoms with Crippen molar-refractivity contribution in [1.82, 2.24) is 14.7 Å². The van der Waals surface area contributed by atoms with Crippen LogP contribution in [0.5, 0.6) is 11.8 Å². The molecular weight excluding hydrogens is 462 g/mol. The molecule has 2 N–H and O–H groups in total. The molecule has 14 heteroatoms. The van der Waals surface area contributed by atoms with Gasteiger partial charge in [0.2, 0.25) is 17.7 Å². The maximum absolute atomic E-state index is 13.1. The fraction of sp³-hybridized carbons (Fsp3) is 0.333. The van der Waals surface area contributed by atoms with E-state index >= 15 is 0 Å². The number of fused-ring (bicyclic) bond motifs is 1. The number of nitriles is 1. The molecule has 32 heavy (non-hydrogen) atoms. The summed E-state index contributed by atoms with van der Waals surface area (Å²) in [6.45, 7) is 1.46. The van der Waals surface area contributed by atoms with Crippen molar-refractivity contribution >= 4 is 31.8 Å². The van der Waals surface area contributed by atoms with Crippen LogP contribution < -0.4 is 19.5 Å². The predicted molar refractivity (Wildman–Crippen MR) is 111 cm³/mol. The molecule has 3 rings (SSSR count). The van der Waals surface area contributed by atoms with E-state index in [2.05, 4.69) is 15.3 Å². The maximum atomic E-state index is 13.1. The Morgan fingerprint density at radius 1 is 1.25 bits per heavy atom. The third-order valence-electron chi connectivity index (χ3n) is 4.68. The molecule has 0 fully saturated rings. The second kappa shape index (κ2) is 8.60. The van der Waals surface area contributed by atoms with Crippen molar-refractivity contribution in [3.63, 3.8) is 0 Å². The van der Waals surface area contributed by atoms with Crippen LogP contribution in [-0.4, -0.2) is 52.3 Å². The van der Waals surface area contributed by atoms with E-state index in [1.807, 2.05) is 6.07 Å². The Bertz CT molecular complexity index is 1310. The van der Waals surface area contributed by atoms with Gasteiger partial charge in [-0.2, -0.15) is 15.2 Å². The number of methoxy groups -OCH3 is 2. The van der Waals surface area contributed by atoms with E-state index in [0.717, 1.165) is 0 Å². The Kier molecular flexibility index (Phi) is 6.24. The van der Waals surface area contributed by atoms with Gasteiger partial charge in [0.15, 0.2) is 9.84 Å². The minimum absolute atomic E-state index is 0.0384. The van der Waals surface area contributed by atoms with Gasteiger partial charge in [-0.1, -0.05) is 12.1 Å². The van der Waals surface area contributed by atoms with Gasteiger partial charge in [0.25, 0.3) is 10.0 Å². The molecule has 0 saturated heterocycles. The number of sulfonamides is 1. The van der Waals surface area contributed by atoms with Crippen LogP contribution in [0.1, 0.15) is 18.1 Å². The van der Waals surface area contributed by atoms with Crippen LogP contribution in [0.3, 0.4) is 0 Å². The Hall–Kier alpha value is -3.44.